The summed E-state index contributed by atoms with van der Waals surface area (Å²) in [5.41, 5.74) is 7.32. The predicted molar refractivity (Wildman–Crippen MR) is 86.9 cm³/mol. The van der Waals surface area contributed by atoms with Crippen LogP contribution in [0.2, 0.25) is 5.02 Å². The van der Waals surface area contributed by atoms with Crippen LogP contribution in [0.25, 0.3) is 0 Å². The number of rotatable bonds is 3. The molecule has 0 aliphatic carbocycles. The molecule has 2 heterocycles. The first kappa shape index (κ1) is 14.8. The monoisotopic (exact) mass is 306 g/mol. The number of nitrogen functional groups attached to an aromatic ring is 1. The van der Waals surface area contributed by atoms with Gasteiger partial charge in [-0.1, -0.05) is 23.7 Å². The standard InChI is InChI=1S/C16H23ClN4/c1-11-8-20-6-2-3-14(20)10-21(11)9-13-5-4-12(16(18)19)7-15(13)17/h4-5,7,11,14H,2-3,6,8-10H2,1H3,(H3,18,19). The third kappa shape index (κ3) is 3.07. The summed E-state index contributed by atoms with van der Waals surface area (Å²) in [4.78, 5) is 5.16. The smallest absolute Gasteiger partial charge is 0.122 e. The molecule has 0 saturated carbocycles. The third-order valence-corrected chi connectivity index (χ3v) is 5.16. The molecule has 2 atom stereocenters. The van der Waals surface area contributed by atoms with E-state index in [1.807, 2.05) is 12.1 Å². The highest BCUT2D eigenvalue weighted by molar-refractivity contribution is 6.31. The van der Waals surface area contributed by atoms with Crippen LogP contribution in [0.3, 0.4) is 0 Å². The molecule has 114 valence electrons. The molecular formula is C16H23ClN4. The van der Waals surface area contributed by atoms with Crippen LogP contribution >= 0.6 is 11.6 Å². The van der Waals surface area contributed by atoms with E-state index in [1.54, 1.807) is 6.07 Å². The largest absolute Gasteiger partial charge is 0.384 e. The highest BCUT2D eigenvalue weighted by Crippen LogP contribution is 2.27. The SMILES string of the molecule is CC1CN2CCCC2CN1Cc1ccc(C(=N)N)cc1Cl. The van der Waals surface area contributed by atoms with Crippen molar-refractivity contribution in [2.45, 2.75) is 38.4 Å². The molecule has 2 saturated heterocycles. The lowest BCUT2D eigenvalue weighted by atomic mass is 10.1. The van der Waals surface area contributed by atoms with Crippen LogP contribution in [0.1, 0.15) is 30.9 Å². The molecular weight excluding hydrogens is 284 g/mol. The average molecular weight is 307 g/mol. The van der Waals surface area contributed by atoms with Gasteiger partial charge >= 0.3 is 0 Å². The Hall–Kier alpha value is -1.10. The Kier molecular flexibility index (Phi) is 4.20. The van der Waals surface area contributed by atoms with Crippen LogP contribution in [0.4, 0.5) is 0 Å². The molecule has 2 aliphatic heterocycles. The normalized spacial score (nSPS) is 26.8. The van der Waals surface area contributed by atoms with Crippen molar-refractivity contribution in [3.05, 3.63) is 34.3 Å². The van der Waals surface area contributed by atoms with E-state index in [2.05, 4.69) is 16.7 Å². The van der Waals surface area contributed by atoms with E-state index in [4.69, 9.17) is 22.7 Å². The Morgan fingerprint density at radius 2 is 2.24 bits per heavy atom. The zero-order chi connectivity index (χ0) is 15.0. The first-order valence-electron chi connectivity index (χ1n) is 7.65. The molecule has 21 heavy (non-hydrogen) atoms. The summed E-state index contributed by atoms with van der Waals surface area (Å²) in [6, 6.07) is 6.97. The van der Waals surface area contributed by atoms with Crippen LogP contribution < -0.4 is 5.73 Å². The Morgan fingerprint density at radius 1 is 1.43 bits per heavy atom. The second-order valence-corrected chi connectivity index (χ2v) is 6.70. The number of fused-ring (bicyclic) bond motifs is 1. The minimum Gasteiger partial charge on any atom is -0.384 e. The Labute approximate surface area is 131 Å². The van der Waals surface area contributed by atoms with Gasteiger partial charge in [-0.25, -0.2) is 0 Å². The number of halogens is 1. The molecule has 0 radical (unpaired) electrons. The van der Waals surface area contributed by atoms with Gasteiger partial charge in [-0.15, -0.1) is 0 Å². The molecule has 0 aromatic heterocycles. The summed E-state index contributed by atoms with van der Waals surface area (Å²) < 4.78 is 0. The molecule has 0 amide bonds. The van der Waals surface area contributed by atoms with Gasteiger partial charge in [0.25, 0.3) is 0 Å². The fourth-order valence-electron chi connectivity index (χ4n) is 3.53. The molecule has 1 aromatic carbocycles. The number of benzene rings is 1. The van der Waals surface area contributed by atoms with E-state index in [1.165, 1.54) is 19.4 Å². The molecule has 5 heteroatoms. The number of nitrogens with one attached hydrogen (secondary N) is 1. The lowest BCUT2D eigenvalue weighted by molar-refractivity contribution is 0.0540. The van der Waals surface area contributed by atoms with Crippen LogP contribution in [0.5, 0.6) is 0 Å². The number of nitrogens with zero attached hydrogens (tertiary/aromatic N) is 2. The number of hydrogen-bond acceptors (Lipinski definition) is 3. The molecule has 3 rings (SSSR count). The quantitative estimate of drug-likeness (QED) is 0.665. The van der Waals surface area contributed by atoms with Crippen LogP contribution in [0.15, 0.2) is 18.2 Å². The van der Waals surface area contributed by atoms with Crippen molar-refractivity contribution in [3.63, 3.8) is 0 Å². The Morgan fingerprint density at radius 3 is 2.95 bits per heavy atom. The number of hydrogen-bond donors (Lipinski definition) is 2. The maximum absolute atomic E-state index is 7.47. The summed E-state index contributed by atoms with van der Waals surface area (Å²) in [5.74, 6) is 0.0661. The van der Waals surface area contributed by atoms with Crippen molar-refractivity contribution in [1.29, 1.82) is 5.41 Å². The number of nitrogens with two attached hydrogens (primary N) is 1. The van der Waals surface area contributed by atoms with Gasteiger partial charge < -0.3 is 5.73 Å². The van der Waals surface area contributed by atoms with Gasteiger partial charge in [0.1, 0.15) is 5.84 Å². The summed E-state index contributed by atoms with van der Waals surface area (Å²) in [6.07, 6.45) is 2.65. The molecule has 2 unspecified atom stereocenters. The first-order valence-corrected chi connectivity index (χ1v) is 8.03. The zero-order valence-corrected chi connectivity index (χ0v) is 13.2. The zero-order valence-electron chi connectivity index (χ0n) is 12.5. The summed E-state index contributed by atoms with van der Waals surface area (Å²) in [7, 11) is 0. The fourth-order valence-corrected chi connectivity index (χ4v) is 3.77. The lowest BCUT2D eigenvalue weighted by Gasteiger charge is -2.42. The molecule has 2 aliphatic rings. The summed E-state index contributed by atoms with van der Waals surface area (Å²) in [6.45, 7) is 6.73. The van der Waals surface area contributed by atoms with Crippen LogP contribution in [0, 0.1) is 5.41 Å². The summed E-state index contributed by atoms with van der Waals surface area (Å²) >= 11 is 6.36. The van der Waals surface area contributed by atoms with Crippen LogP contribution in [-0.4, -0.2) is 47.4 Å². The molecule has 2 fully saturated rings. The van der Waals surface area contributed by atoms with Crippen molar-refractivity contribution in [3.8, 4) is 0 Å². The Bertz CT molecular complexity index is 545. The maximum Gasteiger partial charge on any atom is 0.122 e. The molecule has 3 N–H and O–H groups in total. The van der Waals surface area contributed by atoms with Crippen molar-refractivity contribution in [1.82, 2.24) is 9.80 Å². The van der Waals surface area contributed by atoms with Gasteiger partial charge in [0.15, 0.2) is 0 Å². The lowest BCUT2D eigenvalue weighted by Crippen LogP contribution is -2.54. The number of amidine groups is 1. The summed E-state index contributed by atoms with van der Waals surface area (Å²) in [5, 5.41) is 8.18. The van der Waals surface area contributed by atoms with E-state index < -0.39 is 0 Å². The molecule has 1 aromatic rings. The van der Waals surface area contributed by atoms with Crippen molar-refractivity contribution in [2.75, 3.05) is 19.6 Å². The Balaban J connectivity index is 1.72. The highest BCUT2D eigenvalue weighted by Gasteiger charge is 2.34. The highest BCUT2D eigenvalue weighted by atomic mass is 35.5. The second kappa shape index (κ2) is 5.95. The first-order chi connectivity index (χ1) is 10.0. The second-order valence-electron chi connectivity index (χ2n) is 6.29. The van der Waals surface area contributed by atoms with E-state index in [0.717, 1.165) is 31.2 Å². The van der Waals surface area contributed by atoms with Crippen molar-refractivity contribution < 1.29 is 0 Å². The maximum atomic E-state index is 7.47. The van der Waals surface area contributed by atoms with Gasteiger partial charge in [0, 0.05) is 42.3 Å². The van der Waals surface area contributed by atoms with E-state index in [0.29, 0.717) is 16.6 Å². The minimum atomic E-state index is 0.0661. The molecule has 4 nitrogen and oxygen atoms in total. The predicted octanol–water partition coefficient (Wildman–Crippen LogP) is 2.29. The van der Waals surface area contributed by atoms with Crippen molar-refractivity contribution in [2.24, 2.45) is 5.73 Å². The van der Waals surface area contributed by atoms with Gasteiger partial charge in [0.05, 0.1) is 0 Å². The van der Waals surface area contributed by atoms with Gasteiger partial charge in [-0.2, -0.15) is 0 Å². The van der Waals surface area contributed by atoms with Gasteiger partial charge in [-0.3, -0.25) is 15.2 Å². The van der Waals surface area contributed by atoms with Gasteiger partial charge in [-0.05, 0) is 37.9 Å². The van der Waals surface area contributed by atoms with Crippen LogP contribution in [-0.2, 0) is 6.54 Å². The topological polar surface area (TPSA) is 56.4 Å². The van der Waals surface area contributed by atoms with E-state index in [-0.39, 0.29) is 5.84 Å². The minimum absolute atomic E-state index is 0.0661. The van der Waals surface area contributed by atoms with E-state index in [9.17, 15) is 0 Å². The molecule has 0 bridgehead atoms. The average Bonchev–Trinajstić information content (AvgIpc) is 2.88. The third-order valence-electron chi connectivity index (χ3n) is 4.80. The van der Waals surface area contributed by atoms with Crippen molar-refractivity contribution >= 4 is 17.4 Å². The van der Waals surface area contributed by atoms with Gasteiger partial charge in [0.2, 0.25) is 0 Å². The fraction of sp³-hybridized carbons (Fsp3) is 0.562. The van der Waals surface area contributed by atoms with E-state index >= 15 is 0 Å². The number of piperazine rings is 1. The molecule has 0 spiro atoms.